The van der Waals surface area contributed by atoms with E-state index >= 15 is 0 Å². The fourth-order valence-electron chi connectivity index (χ4n) is 3.16. The number of halogens is 2. The predicted octanol–water partition coefficient (Wildman–Crippen LogP) is 2.99. The molecular weight excluding hydrogens is 378 g/mol. The maximum absolute atomic E-state index is 13.0. The lowest BCUT2D eigenvalue weighted by molar-refractivity contribution is -0.117. The molecule has 154 valence electrons. The van der Waals surface area contributed by atoms with Crippen LogP contribution in [0.3, 0.4) is 0 Å². The van der Waals surface area contributed by atoms with Gasteiger partial charge >= 0.3 is 6.03 Å². The lowest BCUT2D eigenvalue weighted by atomic mass is 10.1. The van der Waals surface area contributed by atoms with Crippen molar-refractivity contribution < 1.29 is 18.4 Å². The van der Waals surface area contributed by atoms with Crippen molar-refractivity contribution >= 4 is 17.6 Å². The molecule has 0 aliphatic carbocycles. The Kier molecular flexibility index (Phi) is 6.77. The van der Waals surface area contributed by atoms with Crippen LogP contribution in [0.25, 0.3) is 0 Å². The summed E-state index contributed by atoms with van der Waals surface area (Å²) in [6.45, 7) is 4.22. The molecule has 2 aromatic rings. The summed E-state index contributed by atoms with van der Waals surface area (Å²) in [5, 5.41) is 5.65. The van der Waals surface area contributed by atoms with Gasteiger partial charge in [0.1, 0.15) is 11.6 Å². The largest absolute Gasteiger partial charge is 0.331 e. The number of amides is 3. The Labute approximate surface area is 168 Å². The Morgan fingerprint density at radius 1 is 0.931 bits per heavy atom. The standard InChI is InChI=1S/C21H24F2N4O2/c1-15(16-2-4-17(22)5-3-16)24-21(29)27-12-10-26(11-13-27)14-20(28)25-19-8-6-18(23)7-9-19/h2-9,15H,10-14H2,1H3,(H,24,29)(H,25,28). The van der Waals surface area contributed by atoms with Crippen LogP contribution in [0.5, 0.6) is 0 Å². The molecule has 1 saturated heterocycles. The van der Waals surface area contributed by atoms with Gasteiger partial charge in [0.25, 0.3) is 0 Å². The summed E-state index contributed by atoms with van der Waals surface area (Å²) < 4.78 is 25.9. The Hall–Kier alpha value is -3.00. The van der Waals surface area contributed by atoms with Gasteiger partial charge in [0.15, 0.2) is 0 Å². The van der Waals surface area contributed by atoms with Gasteiger partial charge < -0.3 is 15.5 Å². The lowest BCUT2D eigenvalue weighted by Gasteiger charge is -2.35. The quantitative estimate of drug-likeness (QED) is 0.808. The first kappa shape index (κ1) is 20.7. The third-order valence-corrected chi connectivity index (χ3v) is 4.86. The second-order valence-corrected chi connectivity index (χ2v) is 7.04. The molecule has 1 fully saturated rings. The fraction of sp³-hybridized carbons (Fsp3) is 0.333. The van der Waals surface area contributed by atoms with E-state index in [0.717, 1.165) is 5.56 Å². The number of nitrogens with zero attached hydrogens (tertiary/aromatic N) is 2. The van der Waals surface area contributed by atoms with Crippen molar-refractivity contribution in [3.8, 4) is 0 Å². The van der Waals surface area contributed by atoms with E-state index in [1.165, 1.54) is 36.4 Å². The summed E-state index contributed by atoms with van der Waals surface area (Å²) in [4.78, 5) is 28.3. The minimum absolute atomic E-state index is 0.181. The summed E-state index contributed by atoms with van der Waals surface area (Å²) in [5.41, 5.74) is 1.38. The van der Waals surface area contributed by atoms with Crippen molar-refractivity contribution in [2.75, 3.05) is 38.0 Å². The van der Waals surface area contributed by atoms with Gasteiger partial charge in [-0.25, -0.2) is 13.6 Å². The van der Waals surface area contributed by atoms with Crippen molar-refractivity contribution in [3.63, 3.8) is 0 Å². The molecule has 0 aromatic heterocycles. The predicted molar refractivity (Wildman–Crippen MR) is 106 cm³/mol. The maximum atomic E-state index is 13.0. The van der Waals surface area contributed by atoms with Crippen molar-refractivity contribution in [1.82, 2.24) is 15.1 Å². The molecule has 1 aliphatic rings. The zero-order valence-electron chi connectivity index (χ0n) is 16.2. The summed E-state index contributed by atoms with van der Waals surface area (Å²) in [6.07, 6.45) is 0. The highest BCUT2D eigenvalue weighted by molar-refractivity contribution is 5.92. The van der Waals surface area contributed by atoms with Crippen LogP contribution in [0.2, 0.25) is 0 Å². The van der Waals surface area contributed by atoms with Crippen LogP contribution >= 0.6 is 0 Å². The summed E-state index contributed by atoms with van der Waals surface area (Å²) in [5.74, 6) is -0.850. The molecule has 3 amide bonds. The van der Waals surface area contributed by atoms with Gasteiger partial charge in [-0.3, -0.25) is 9.69 Å². The van der Waals surface area contributed by atoms with Gasteiger partial charge in [-0.2, -0.15) is 0 Å². The smallest absolute Gasteiger partial charge is 0.317 e. The van der Waals surface area contributed by atoms with Gasteiger partial charge in [0.05, 0.1) is 12.6 Å². The van der Waals surface area contributed by atoms with Gasteiger partial charge in [0.2, 0.25) is 5.91 Å². The van der Waals surface area contributed by atoms with E-state index < -0.39 is 0 Å². The highest BCUT2D eigenvalue weighted by atomic mass is 19.1. The van der Waals surface area contributed by atoms with E-state index in [0.29, 0.717) is 31.9 Å². The highest BCUT2D eigenvalue weighted by Crippen LogP contribution is 2.14. The summed E-state index contributed by atoms with van der Waals surface area (Å²) >= 11 is 0. The average Bonchev–Trinajstić information content (AvgIpc) is 2.70. The number of rotatable bonds is 5. The maximum Gasteiger partial charge on any atom is 0.317 e. The molecule has 0 saturated carbocycles. The average molecular weight is 402 g/mol. The molecule has 2 N–H and O–H groups in total. The molecule has 0 bridgehead atoms. The molecular formula is C21H24F2N4O2. The number of hydrogen-bond donors (Lipinski definition) is 2. The Morgan fingerprint density at radius 3 is 2.07 bits per heavy atom. The van der Waals surface area contributed by atoms with Gasteiger partial charge in [-0.1, -0.05) is 12.1 Å². The zero-order chi connectivity index (χ0) is 20.8. The normalized spacial score (nSPS) is 15.6. The van der Waals surface area contributed by atoms with E-state index in [1.54, 1.807) is 17.0 Å². The Bertz CT molecular complexity index is 835. The van der Waals surface area contributed by atoms with Gasteiger partial charge in [-0.05, 0) is 48.9 Å². The number of piperazine rings is 1. The van der Waals surface area contributed by atoms with E-state index in [2.05, 4.69) is 10.6 Å². The molecule has 8 heteroatoms. The number of anilines is 1. The number of urea groups is 1. The van der Waals surface area contributed by atoms with Crippen molar-refractivity contribution in [2.24, 2.45) is 0 Å². The molecule has 1 unspecified atom stereocenters. The minimum atomic E-state index is -0.355. The first-order valence-corrected chi connectivity index (χ1v) is 9.49. The third kappa shape index (κ3) is 5.99. The Morgan fingerprint density at radius 2 is 1.48 bits per heavy atom. The second-order valence-electron chi connectivity index (χ2n) is 7.04. The molecule has 0 radical (unpaired) electrons. The minimum Gasteiger partial charge on any atom is -0.331 e. The zero-order valence-corrected chi connectivity index (χ0v) is 16.2. The van der Waals surface area contributed by atoms with E-state index in [-0.39, 0.29) is 36.2 Å². The van der Waals surface area contributed by atoms with Crippen molar-refractivity contribution in [3.05, 3.63) is 65.7 Å². The molecule has 6 nitrogen and oxygen atoms in total. The van der Waals surface area contributed by atoms with E-state index in [9.17, 15) is 18.4 Å². The third-order valence-electron chi connectivity index (χ3n) is 4.86. The van der Waals surface area contributed by atoms with Gasteiger partial charge in [-0.15, -0.1) is 0 Å². The van der Waals surface area contributed by atoms with E-state index in [4.69, 9.17) is 0 Å². The highest BCUT2D eigenvalue weighted by Gasteiger charge is 2.23. The van der Waals surface area contributed by atoms with E-state index in [1.807, 2.05) is 11.8 Å². The number of benzene rings is 2. The number of carbonyl (C=O) groups excluding carboxylic acids is 2. The van der Waals surface area contributed by atoms with Crippen LogP contribution < -0.4 is 10.6 Å². The van der Waals surface area contributed by atoms with Crippen LogP contribution in [0.1, 0.15) is 18.5 Å². The topological polar surface area (TPSA) is 64.7 Å². The second kappa shape index (κ2) is 9.47. The fourth-order valence-corrected chi connectivity index (χ4v) is 3.16. The lowest BCUT2D eigenvalue weighted by Crippen LogP contribution is -2.53. The first-order valence-electron chi connectivity index (χ1n) is 9.49. The Balaban J connectivity index is 1.42. The molecule has 3 rings (SSSR count). The summed E-state index contributed by atoms with van der Waals surface area (Å²) in [7, 11) is 0. The number of hydrogen-bond acceptors (Lipinski definition) is 3. The van der Waals surface area contributed by atoms with Crippen LogP contribution in [0.4, 0.5) is 19.3 Å². The molecule has 1 heterocycles. The monoisotopic (exact) mass is 402 g/mol. The van der Waals surface area contributed by atoms with Crippen LogP contribution in [0.15, 0.2) is 48.5 Å². The molecule has 0 spiro atoms. The van der Waals surface area contributed by atoms with Crippen LogP contribution in [-0.2, 0) is 4.79 Å². The first-order chi connectivity index (χ1) is 13.9. The SMILES string of the molecule is CC(NC(=O)N1CCN(CC(=O)Nc2ccc(F)cc2)CC1)c1ccc(F)cc1. The van der Waals surface area contributed by atoms with Crippen molar-refractivity contribution in [1.29, 1.82) is 0 Å². The van der Waals surface area contributed by atoms with Crippen molar-refractivity contribution in [2.45, 2.75) is 13.0 Å². The molecule has 29 heavy (non-hydrogen) atoms. The molecule has 2 aromatic carbocycles. The molecule has 1 aliphatic heterocycles. The van der Waals surface area contributed by atoms with Crippen LogP contribution in [-0.4, -0.2) is 54.5 Å². The molecule has 1 atom stereocenters. The number of nitrogens with one attached hydrogen (secondary N) is 2. The number of carbonyl (C=O) groups is 2. The van der Waals surface area contributed by atoms with Gasteiger partial charge in [0, 0.05) is 31.9 Å². The summed E-state index contributed by atoms with van der Waals surface area (Å²) in [6, 6.07) is 11.2. The van der Waals surface area contributed by atoms with Crippen LogP contribution in [0, 0.1) is 11.6 Å².